The van der Waals surface area contributed by atoms with Crippen LogP contribution >= 0.6 is 15.9 Å². The van der Waals surface area contributed by atoms with E-state index in [-0.39, 0.29) is 5.91 Å². The molecule has 0 aromatic heterocycles. The summed E-state index contributed by atoms with van der Waals surface area (Å²) in [6.07, 6.45) is 0. The van der Waals surface area contributed by atoms with Gasteiger partial charge in [-0.2, -0.15) is 0 Å². The fourth-order valence-electron chi connectivity index (χ4n) is 2.27. The molecule has 1 aliphatic heterocycles. The molecule has 0 spiro atoms. The highest BCUT2D eigenvalue weighted by atomic mass is 79.9. The number of halogens is 1. The number of carbonyl (C=O) groups is 1. The molecule has 1 amide bonds. The molecule has 0 aliphatic carbocycles. The van der Waals surface area contributed by atoms with Gasteiger partial charge in [0.25, 0.3) is 5.91 Å². The van der Waals surface area contributed by atoms with Crippen LogP contribution in [-0.4, -0.2) is 26.1 Å². The summed E-state index contributed by atoms with van der Waals surface area (Å²) >= 11 is 3.37. The lowest BCUT2D eigenvalue weighted by Gasteiger charge is -2.27. The third kappa shape index (κ3) is 3.03. The van der Waals surface area contributed by atoms with Crippen LogP contribution in [0, 0.1) is 0 Å². The second-order valence-corrected chi connectivity index (χ2v) is 5.83. The van der Waals surface area contributed by atoms with Gasteiger partial charge in [-0.05, 0) is 30.3 Å². The lowest BCUT2D eigenvalue weighted by atomic mass is 10.2. The van der Waals surface area contributed by atoms with Gasteiger partial charge in [-0.25, -0.2) is 0 Å². The number of amides is 1. The molecule has 1 aliphatic rings. The Morgan fingerprint density at radius 2 is 2.14 bits per heavy atom. The topological polar surface area (TPSA) is 41.6 Å². The second kappa shape index (κ2) is 5.77. The van der Waals surface area contributed by atoms with Gasteiger partial charge in [0, 0.05) is 28.8 Å². The third-order valence-corrected chi connectivity index (χ3v) is 3.89. The zero-order valence-electron chi connectivity index (χ0n) is 11.6. The van der Waals surface area contributed by atoms with E-state index in [0.717, 1.165) is 28.1 Å². The first-order valence-corrected chi connectivity index (χ1v) is 7.48. The van der Waals surface area contributed by atoms with Gasteiger partial charge in [0.05, 0.1) is 12.2 Å². The van der Waals surface area contributed by atoms with Crippen LogP contribution in [-0.2, 0) is 0 Å². The molecule has 0 radical (unpaired) electrons. The predicted molar refractivity (Wildman–Crippen MR) is 87.3 cm³/mol. The summed E-state index contributed by atoms with van der Waals surface area (Å²) < 4.78 is 6.52. The molecule has 0 saturated heterocycles. The summed E-state index contributed by atoms with van der Waals surface area (Å²) in [6.45, 7) is 1.53. The molecule has 0 fully saturated rings. The van der Waals surface area contributed by atoms with E-state index in [1.165, 1.54) is 0 Å². The molecule has 1 heterocycles. The first kappa shape index (κ1) is 13.9. The Bertz CT molecular complexity index is 688. The highest BCUT2D eigenvalue weighted by molar-refractivity contribution is 9.10. The Labute approximate surface area is 131 Å². The van der Waals surface area contributed by atoms with Crippen molar-refractivity contribution in [3.8, 4) is 5.75 Å². The van der Waals surface area contributed by atoms with Crippen molar-refractivity contribution in [3.05, 3.63) is 52.5 Å². The molecule has 0 unspecified atom stereocenters. The summed E-state index contributed by atoms with van der Waals surface area (Å²) in [5.41, 5.74) is 2.39. The zero-order valence-corrected chi connectivity index (χ0v) is 13.2. The summed E-state index contributed by atoms with van der Waals surface area (Å²) in [4.78, 5) is 14.4. The van der Waals surface area contributed by atoms with Crippen LogP contribution in [0.2, 0.25) is 0 Å². The molecule has 108 valence electrons. The van der Waals surface area contributed by atoms with Crippen molar-refractivity contribution in [1.82, 2.24) is 0 Å². The highest BCUT2D eigenvalue weighted by Crippen LogP contribution is 2.33. The summed E-state index contributed by atoms with van der Waals surface area (Å²) in [5, 5.41) is 2.89. The van der Waals surface area contributed by atoms with Gasteiger partial charge in [-0.15, -0.1) is 0 Å². The van der Waals surface area contributed by atoms with Crippen molar-refractivity contribution in [3.63, 3.8) is 0 Å². The monoisotopic (exact) mass is 346 g/mol. The first-order chi connectivity index (χ1) is 10.1. The van der Waals surface area contributed by atoms with Crippen LogP contribution in [0.15, 0.2) is 46.9 Å². The van der Waals surface area contributed by atoms with E-state index in [1.807, 2.05) is 37.4 Å². The van der Waals surface area contributed by atoms with Crippen molar-refractivity contribution in [1.29, 1.82) is 0 Å². The van der Waals surface area contributed by atoms with Gasteiger partial charge in [-0.1, -0.05) is 22.0 Å². The quantitative estimate of drug-likeness (QED) is 0.904. The highest BCUT2D eigenvalue weighted by Gasteiger charge is 2.15. The molecule has 21 heavy (non-hydrogen) atoms. The SMILES string of the molecule is CN1CCOc2cc(NC(=O)c3cccc(Br)c3)ccc21. The average molecular weight is 347 g/mol. The fraction of sp³-hybridized carbons (Fsp3) is 0.188. The molecule has 2 aromatic carbocycles. The van der Waals surface area contributed by atoms with Gasteiger partial charge in [-0.3, -0.25) is 4.79 Å². The number of carbonyl (C=O) groups excluding carboxylic acids is 1. The summed E-state index contributed by atoms with van der Waals surface area (Å²) in [7, 11) is 2.03. The minimum Gasteiger partial charge on any atom is -0.489 e. The minimum atomic E-state index is -0.139. The minimum absolute atomic E-state index is 0.139. The maximum Gasteiger partial charge on any atom is 0.255 e. The predicted octanol–water partition coefficient (Wildman–Crippen LogP) is 3.53. The van der Waals surface area contributed by atoms with E-state index in [2.05, 4.69) is 26.1 Å². The Morgan fingerprint density at radius 1 is 1.29 bits per heavy atom. The second-order valence-electron chi connectivity index (χ2n) is 4.92. The van der Waals surface area contributed by atoms with Gasteiger partial charge in [0.15, 0.2) is 0 Å². The van der Waals surface area contributed by atoms with Crippen molar-refractivity contribution in [2.75, 3.05) is 30.4 Å². The standard InChI is InChI=1S/C16H15BrN2O2/c1-19-7-8-21-15-10-13(5-6-14(15)19)18-16(20)11-3-2-4-12(17)9-11/h2-6,9-10H,7-8H2,1H3,(H,18,20). The normalized spacial score (nSPS) is 13.3. The third-order valence-electron chi connectivity index (χ3n) is 3.40. The molecule has 0 atom stereocenters. The Hall–Kier alpha value is -2.01. The van der Waals surface area contributed by atoms with Gasteiger partial charge in [0.2, 0.25) is 0 Å². The number of fused-ring (bicyclic) bond motifs is 1. The summed E-state index contributed by atoms with van der Waals surface area (Å²) in [5.74, 6) is 0.663. The average Bonchev–Trinajstić information content (AvgIpc) is 2.47. The van der Waals surface area contributed by atoms with Crippen LogP contribution in [0.4, 0.5) is 11.4 Å². The van der Waals surface area contributed by atoms with E-state index in [1.54, 1.807) is 12.1 Å². The van der Waals surface area contributed by atoms with Crippen LogP contribution in [0.25, 0.3) is 0 Å². The van der Waals surface area contributed by atoms with E-state index in [9.17, 15) is 4.79 Å². The number of ether oxygens (including phenoxy) is 1. The van der Waals surface area contributed by atoms with E-state index in [0.29, 0.717) is 12.2 Å². The van der Waals surface area contributed by atoms with E-state index >= 15 is 0 Å². The molecule has 2 aromatic rings. The Morgan fingerprint density at radius 3 is 2.95 bits per heavy atom. The molecule has 4 nitrogen and oxygen atoms in total. The molecule has 1 N–H and O–H groups in total. The number of benzene rings is 2. The van der Waals surface area contributed by atoms with Crippen LogP contribution in [0.5, 0.6) is 5.75 Å². The summed E-state index contributed by atoms with van der Waals surface area (Å²) in [6, 6.07) is 13.0. The van der Waals surface area contributed by atoms with Gasteiger partial charge < -0.3 is 15.0 Å². The fourth-order valence-corrected chi connectivity index (χ4v) is 2.67. The number of hydrogen-bond acceptors (Lipinski definition) is 3. The molecule has 5 heteroatoms. The van der Waals surface area contributed by atoms with Gasteiger partial charge in [0.1, 0.15) is 12.4 Å². The number of hydrogen-bond donors (Lipinski definition) is 1. The number of nitrogens with zero attached hydrogens (tertiary/aromatic N) is 1. The number of anilines is 2. The molecule has 0 saturated carbocycles. The first-order valence-electron chi connectivity index (χ1n) is 6.68. The lowest BCUT2D eigenvalue weighted by Crippen LogP contribution is -2.28. The van der Waals surface area contributed by atoms with E-state index < -0.39 is 0 Å². The maximum atomic E-state index is 12.2. The van der Waals surface area contributed by atoms with Crippen LogP contribution in [0.3, 0.4) is 0 Å². The number of rotatable bonds is 2. The van der Waals surface area contributed by atoms with Gasteiger partial charge >= 0.3 is 0 Å². The number of nitrogens with one attached hydrogen (secondary N) is 1. The smallest absolute Gasteiger partial charge is 0.255 e. The van der Waals surface area contributed by atoms with Crippen LogP contribution < -0.4 is 15.0 Å². The molecular formula is C16H15BrN2O2. The largest absolute Gasteiger partial charge is 0.489 e. The molecular weight excluding hydrogens is 332 g/mol. The van der Waals surface area contributed by atoms with Crippen molar-refractivity contribution >= 4 is 33.2 Å². The van der Waals surface area contributed by atoms with Crippen molar-refractivity contribution in [2.24, 2.45) is 0 Å². The molecule has 0 bridgehead atoms. The zero-order chi connectivity index (χ0) is 14.8. The Balaban J connectivity index is 1.81. The van der Waals surface area contributed by atoms with E-state index in [4.69, 9.17) is 4.74 Å². The maximum absolute atomic E-state index is 12.2. The molecule has 3 rings (SSSR count). The number of likely N-dealkylation sites (N-methyl/N-ethyl adjacent to an activating group) is 1. The van der Waals surface area contributed by atoms with Crippen molar-refractivity contribution < 1.29 is 9.53 Å². The lowest BCUT2D eigenvalue weighted by molar-refractivity contribution is 0.102. The Kier molecular flexibility index (Phi) is 3.84. The van der Waals surface area contributed by atoms with Crippen molar-refractivity contribution in [2.45, 2.75) is 0 Å². The van der Waals surface area contributed by atoms with Crippen LogP contribution in [0.1, 0.15) is 10.4 Å².